The largest absolute Gasteiger partial charge is 0.489 e. The number of fused-ring (bicyclic) bond motifs is 1. The molecule has 0 unspecified atom stereocenters. The van der Waals surface area contributed by atoms with Crippen molar-refractivity contribution in [3.05, 3.63) is 64.8 Å². The normalized spacial score (nSPS) is 15.3. The van der Waals surface area contributed by atoms with Crippen LogP contribution in [0.2, 0.25) is 0 Å². The van der Waals surface area contributed by atoms with Crippen molar-refractivity contribution in [2.45, 2.75) is 11.4 Å². The molecule has 0 bridgehead atoms. The SMILES string of the molecule is NCc1ccc2c(c1)C(COc1cccc(F)c1)=CS2(=O)=O. The van der Waals surface area contributed by atoms with Gasteiger partial charge in [0.15, 0.2) is 0 Å². The Morgan fingerprint density at radius 3 is 2.68 bits per heavy atom. The number of rotatable bonds is 4. The number of sulfone groups is 1. The molecular weight excluding hydrogens is 305 g/mol. The minimum atomic E-state index is -3.45. The van der Waals surface area contributed by atoms with Crippen molar-refractivity contribution in [2.24, 2.45) is 5.73 Å². The summed E-state index contributed by atoms with van der Waals surface area (Å²) in [4.78, 5) is 0.252. The summed E-state index contributed by atoms with van der Waals surface area (Å²) in [5.74, 6) is -0.0573. The van der Waals surface area contributed by atoms with Crippen LogP contribution >= 0.6 is 0 Å². The van der Waals surface area contributed by atoms with E-state index >= 15 is 0 Å². The molecule has 0 aromatic heterocycles. The lowest BCUT2D eigenvalue weighted by atomic mass is 10.1. The number of halogens is 1. The molecule has 0 spiro atoms. The molecule has 0 aliphatic carbocycles. The van der Waals surface area contributed by atoms with E-state index in [2.05, 4.69) is 0 Å². The number of nitrogens with two attached hydrogens (primary N) is 1. The summed E-state index contributed by atoms with van der Waals surface area (Å²) in [6.07, 6.45) is 0. The average molecular weight is 319 g/mol. The van der Waals surface area contributed by atoms with E-state index in [-0.39, 0.29) is 11.5 Å². The third-order valence-corrected chi connectivity index (χ3v) is 4.98. The molecule has 2 aromatic carbocycles. The first kappa shape index (κ1) is 14.7. The van der Waals surface area contributed by atoms with Crippen molar-refractivity contribution in [2.75, 3.05) is 6.61 Å². The number of benzene rings is 2. The zero-order valence-corrected chi connectivity index (χ0v) is 12.4. The van der Waals surface area contributed by atoms with Crippen LogP contribution in [0.3, 0.4) is 0 Å². The van der Waals surface area contributed by atoms with E-state index < -0.39 is 15.7 Å². The number of ether oxygens (including phenoxy) is 1. The van der Waals surface area contributed by atoms with Gasteiger partial charge in [-0.2, -0.15) is 0 Å². The molecule has 1 heterocycles. The molecule has 114 valence electrons. The molecule has 1 aliphatic heterocycles. The molecule has 0 fully saturated rings. The van der Waals surface area contributed by atoms with Gasteiger partial charge in [0.05, 0.1) is 4.90 Å². The molecule has 0 atom stereocenters. The molecule has 3 rings (SSSR count). The highest BCUT2D eigenvalue weighted by Crippen LogP contribution is 2.34. The summed E-state index contributed by atoms with van der Waals surface area (Å²) in [6, 6.07) is 10.7. The molecule has 0 radical (unpaired) electrons. The molecule has 2 N–H and O–H groups in total. The van der Waals surface area contributed by atoms with E-state index in [0.29, 0.717) is 23.4 Å². The fourth-order valence-electron chi connectivity index (χ4n) is 2.35. The van der Waals surface area contributed by atoms with E-state index in [9.17, 15) is 12.8 Å². The van der Waals surface area contributed by atoms with Crippen LogP contribution in [0.1, 0.15) is 11.1 Å². The van der Waals surface area contributed by atoms with Crippen LogP contribution in [0.4, 0.5) is 4.39 Å². The summed E-state index contributed by atoms with van der Waals surface area (Å²) in [5, 5.41) is 1.19. The maximum Gasteiger partial charge on any atom is 0.200 e. The topological polar surface area (TPSA) is 69.4 Å². The van der Waals surface area contributed by atoms with E-state index in [1.54, 1.807) is 24.3 Å². The Labute approximate surface area is 127 Å². The molecule has 6 heteroatoms. The van der Waals surface area contributed by atoms with Crippen LogP contribution in [0, 0.1) is 5.82 Å². The lowest BCUT2D eigenvalue weighted by Gasteiger charge is -2.09. The molecular formula is C16H14FNO3S. The second-order valence-electron chi connectivity index (χ2n) is 4.97. The van der Waals surface area contributed by atoms with Crippen LogP contribution in [0.15, 0.2) is 52.8 Å². The maximum atomic E-state index is 13.1. The Morgan fingerprint density at radius 2 is 1.95 bits per heavy atom. The van der Waals surface area contributed by atoms with Crippen LogP contribution in [-0.4, -0.2) is 15.0 Å². The summed E-state index contributed by atoms with van der Waals surface area (Å²) >= 11 is 0. The fraction of sp³-hybridized carbons (Fsp3) is 0.125. The first-order chi connectivity index (χ1) is 10.5. The minimum Gasteiger partial charge on any atom is -0.489 e. The van der Waals surface area contributed by atoms with Gasteiger partial charge in [0, 0.05) is 29.2 Å². The monoisotopic (exact) mass is 319 g/mol. The second kappa shape index (κ2) is 5.55. The molecule has 1 aliphatic rings. The third kappa shape index (κ3) is 2.75. The summed E-state index contributed by atoms with van der Waals surface area (Å²) in [6.45, 7) is 0.370. The van der Waals surface area contributed by atoms with Crippen molar-refractivity contribution in [3.8, 4) is 5.75 Å². The van der Waals surface area contributed by atoms with Crippen molar-refractivity contribution < 1.29 is 17.5 Å². The first-order valence-electron chi connectivity index (χ1n) is 6.67. The average Bonchev–Trinajstić information content (AvgIpc) is 2.76. The van der Waals surface area contributed by atoms with Crippen LogP contribution < -0.4 is 10.5 Å². The Kier molecular flexibility index (Phi) is 3.72. The van der Waals surface area contributed by atoms with Gasteiger partial charge in [-0.3, -0.25) is 0 Å². The number of hydrogen-bond acceptors (Lipinski definition) is 4. The number of hydrogen-bond donors (Lipinski definition) is 1. The van der Waals surface area contributed by atoms with Gasteiger partial charge in [0.25, 0.3) is 0 Å². The van der Waals surface area contributed by atoms with E-state index in [1.165, 1.54) is 23.6 Å². The smallest absolute Gasteiger partial charge is 0.200 e. The second-order valence-corrected chi connectivity index (χ2v) is 6.73. The Morgan fingerprint density at radius 1 is 1.14 bits per heavy atom. The summed E-state index contributed by atoms with van der Waals surface area (Å²) in [5.41, 5.74) is 7.57. The maximum absolute atomic E-state index is 13.1. The zero-order chi connectivity index (χ0) is 15.7. The predicted molar refractivity (Wildman–Crippen MR) is 81.4 cm³/mol. The van der Waals surface area contributed by atoms with E-state index in [0.717, 1.165) is 5.56 Å². The first-order valence-corrected chi connectivity index (χ1v) is 8.21. The van der Waals surface area contributed by atoms with Crippen LogP contribution in [0.5, 0.6) is 5.75 Å². The van der Waals surface area contributed by atoms with Crippen molar-refractivity contribution in [3.63, 3.8) is 0 Å². The summed E-state index contributed by atoms with van der Waals surface area (Å²) < 4.78 is 42.8. The molecule has 0 saturated carbocycles. The highest BCUT2D eigenvalue weighted by atomic mass is 32.2. The van der Waals surface area contributed by atoms with Crippen molar-refractivity contribution in [1.82, 2.24) is 0 Å². The molecule has 22 heavy (non-hydrogen) atoms. The van der Waals surface area contributed by atoms with Gasteiger partial charge in [0.2, 0.25) is 9.84 Å². The summed E-state index contributed by atoms with van der Waals surface area (Å²) in [7, 11) is -3.45. The lowest BCUT2D eigenvalue weighted by Crippen LogP contribution is -2.02. The molecule has 2 aromatic rings. The van der Waals surface area contributed by atoms with Crippen LogP contribution in [-0.2, 0) is 16.4 Å². The van der Waals surface area contributed by atoms with Gasteiger partial charge >= 0.3 is 0 Å². The predicted octanol–water partition coefficient (Wildman–Crippen LogP) is 2.49. The lowest BCUT2D eigenvalue weighted by molar-refractivity contribution is 0.367. The van der Waals surface area contributed by atoms with Gasteiger partial charge < -0.3 is 10.5 Å². The van der Waals surface area contributed by atoms with Gasteiger partial charge in [-0.15, -0.1) is 0 Å². The Balaban J connectivity index is 1.89. The van der Waals surface area contributed by atoms with Gasteiger partial charge in [-0.25, -0.2) is 12.8 Å². The van der Waals surface area contributed by atoms with E-state index in [4.69, 9.17) is 10.5 Å². The zero-order valence-electron chi connectivity index (χ0n) is 11.6. The molecule has 0 amide bonds. The van der Waals surface area contributed by atoms with E-state index in [1.807, 2.05) is 0 Å². The highest BCUT2D eigenvalue weighted by Gasteiger charge is 2.27. The van der Waals surface area contributed by atoms with Crippen molar-refractivity contribution >= 4 is 15.4 Å². The van der Waals surface area contributed by atoms with Gasteiger partial charge in [-0.1, -0.05) is 12.1 Å². The highest BCUT2D eigenvalue weighted by molar-refractivity contribution is 7.95. The van der Waals surface area contributed by atoms with Crippen molar-refractivity contribution in [1.29, 1.82) is 0 Å². The fourth-order valence-corrected chi connectivity index (χ4v) is 3.80. The van der Waals surface area contributed by atoms with Gasteiger partial charge in [0.1, 0.15) is 18.2 Å². The Hall–Kier alpha value is -2.18. The standard InChI is InChI=1S/C16H14FNO3S/c17-13-2-1-3-14(7-13)21-9-12-10-22(19,20)16-5-4-11(8-18)6-15(12)16/h1-7,10H,8-9,18H2. The Bertz CT molecular complexity index is 859. The molecule has 4 nitrogen and oxygen atoms in total. The van der Waals surface area contributed by atoms with Gasteiger partial charge in [-0.05, 0) is 29.8 Å². The third-order valence-electron chi connectivity index (χ3n) is 3.42. The van der Waals surface area contributed by atoms with Crippen LogP contribution in [0.25, 0.3) is 5.57 Å². The molecule has 0 saturated heterocycles. The minimum absolute atomic E-state index is 0.0453. The quantitative estimate of drug-likeness (QED) is 0.940.